The summed E-state index contributed by atoms with van der Waals surface area (Å²) in [5.41, 5.74) is -0.560. The van der Waals surface area contributed by atoms with E-state index >= 15 is 0 Å². The van der Waals surface area contributed by atoms with Crippen LogP contribution in [0.5, 0.6) is 11.5 Å². The maximum atomic E-state index is 13.6. The van der Waals surface area contributed by atoms with E-state index in [2.05, 4.69) is 4.99 Å². The molecular formula is C13H13F2NO3. The molecule has 1 aromatic rings. The summed E-state index contributed by atoms with van der Waals surface area (Å²) >= 11 is 0. The van der Waals surface area contributed by atoms with Gasteiger partial charge in [-0.15, -0.1) is 0 Å². The van der Waals surface area contributed by atoms with Crippen molar-refractivity contribution < 1.29 is 23.0 Å². The molecule has 0 radical (unpaired) electrons. The Labute approximate surface area is 109 Å². The molecule has 1 aromatic carbocycles. The van der Waals surface area contributed by atoms with Crippen LogP contribution >= 0.6 is 0 Å². The van der Waals surface area contributed by atoms with Crippen molar-refractivity contribution in [1.29, 1.82) is 0 Å². The van der Waals surface area contributed by atoms with Gasteiger partial charge in [0.05, 0.1) is 14.2 Å². The third-order valence-corrected chi connectivity index (χ3v) is 3.48. The second kappa shape index (κ2) is 4.97. The normalized spacial score (nSPS) is 16.2. The Hall–Kier alpha value is -1.94. The number of carbonyl (C=O) groups excluding carboxylic acids is 1. The van der Waals surface area contributed by atoms with Gasteiger partial charge in [0.1, 0.15) is 5.54 Å². The molecule has 19 heavy (non-hydrogen) atoms. The quantitative estimate of drug-likeness (QED) is 0.623. The van der Waals surface area contributed by atoms with Gasteiger partial charge in [-0.2, -0.15) is 9.38 Å². The van der Waals surface area contributed by atoms with Gasteiger partial charge in [-0.3, -0.25) is 0 Å². The number of nitrogens with zero attached hydrogens (tertiary/aromatic N) is 1. The molecule has 0 N–H and O–H groups in total. The van der Waals surface area contributed by atoms with Crippen LogP contribution < -0.4 is 9.47 Å². The topological polar surface area (TPSA) is 47.9 Å². The maximum absolute atomic E-state index is 13.6. The molecule has 1 saturated carbocycles. The van der Waals surface area contributed by atoms with E-state index in [1.54, 1.807) is 0 Å². The van der Waals surface area contributed by atoms with Gasteiger partial charge in [0, 0.05) is 5.56 Å². The first kappa shape index (κ1) is 13.5. The Kier molecular flexibility index (Phi) is 3.53. The summed E-state index contributed by atoms with van der Waals surface area (Å²) in [6.07, 6.45) is 3.46. The highest BCUT2D eigenvalue weighted by Gasteiger charge is 2.43. The van der Waals surface area contributed by atoms with Crippen LogP contribution in [0.2, 0.25) is 0 Å². The van der Waals surface area contributed by atoms with Crippen LogP contribution in [-0.2, 0) is 10.3 Å². The minimum absolute atomic E-state index is 0.0695. The number of benzene rings is 1. The highest BCUT2D eigenvalue weighted by Crippen LogP contribution is 2.51. The van der Waals surface area contributed by atoms with Crippen LogP contribution in [0.15, 0.2) is 11.1 Å². The third kappa shape index (κ3) is 1.98. The minimum Gasteiger partial charge on any atom is -0.492 e. The molecular weight excluding hydrogens is 256 g/mol. The van der Waals surface area contributed by atoms with Crippen molar-refractivity contribution in [2.45, 2.75) is 24.8 Å². The van der Waals surface area contributed by atoms with Gasteiger partial charge in [0.2, 0.25) is 11.9 Å². The first-order valence-electron chi connectivity index (χ1n) is 5.79. The molecule has 0 spiro atoms. The van der Waals surface area contributed by atoms with Crippen LogP contribution in [-0.4, -0.2) is 20.3 Å². The molecule has 0 aromatic heterocycles. The zero-order valence-corrected chi connectivity index (χ0v) is 10.6. The highest BCUT2D eigenvalue weighted by molar-refractivity contribution is 5.53. The standard InChI is InChI=1S/C13H13F2NO3/c1-18-11-8(13(16-7-17)4-3-5-13)6-9(14)10(15)12(11)19-2/h6H,3-5H2,1-2H3. The zero-order chi connectivity index (χ0) is 14.0. The van der Waals surface area contributed by atoms with Gasteiger partial charge in [0.25, 0.3) is 0 Å². The number of ether oxygens (including phenoxy) is 2. The van der Waals surface area contributed by atoms with E-state index in [-0.39, 0.29) is 11.5 Å². The number of halogens is 2. The molecule has 0 heterocycles. The van der Waals surface area contributed by atoms with E-state index in [1.165, 1.54) is 20.3 Å². The predicted molar refractivity (Wildman–Crippen MR) is 63.1 cm³/mol. The Bertz CT molecular complexity index is 549. The molecule has 0 saturated heterocycles. The van der Waals surface area contributed by atoms with Gasteiger partial charge in [-0.05, 0) is 25.3 Å². The summed E-state index contributed by atoms with van der Waals surface area (Å²) in [7, 11) is 2.55. The lowest BCUT2D eigenvalue weighted by Gasteiger charge is -2.38. The summed E-state index contributed by atoms with van der Waals surface area (Å²) in [6, 6.07) is 1.01. The largest absolute Gasteiger partial charge is 0.492 e. The van der Waals surface area contributed by atoms with Gasteiger partial charge in [-0.1, -0.05) is 0 Å². The first-order chi connectivity index (χ1) is 9.09. The lowest BCUT2D eigenvalue weighted by Crippen LogP contribution is -2.32. The summed E-state index contributed by atoms with van der Waals surface area (Å²) < 4.78 is 37.2. The van der Waals surface area contributed by atoms with Crippen molar-refractivity contribution in [3.05, 3.63) is 23.3 Å². The number of isocyanates is 1. The molecule has 0 bridgehead atoms. The van der Waals surface area contributed by atoms with E-state index in [0.717, 1.165) is 12.5 Å². The maximum Gasteiger partial charge on any atom is 0.235 e. The molecule has 0 atom stereocenters. The smallest absolute Gasteiger partial charge is 0.235 e. The van der Waals surface area contributed by atoms with Gasteiger partial charge in [0.15, 0.2) is 17.3 Å². The van der Waals surface area contributed by atoms with E-state index in [1.807, 2.05) is 0 Å². The van der Waals surface area contributed by atoms with E-state index in [4.69, 9.17) is 9.47 Å². The van der Waals surface area contributed by atoms with Crippen LogP contribution in [0.4, 0.5) is 8.78 Å². The SMILES string of the molecule is COc1c(C2(N=C=O)CCC2)cc(F)c(F)c1OC. The molecule has 2 rings (SSSR count). The number of hydrogen-bond acceptors (Lipinski definition) is 4. The fourth-order valence-corrected chi connectivity index (χ4v) is 2.36. The Balaban J connectivity index is 2.69. The van der Waals surface area contributed by atoms with E-state index in [0.29, 0.717) is 18.4 Å². The molecule has 1 aliphatic rings. The third-order valence-electron chi connectivity index (χ3n) is 3.48. The molecule has 1 aliphatic carbocycles. The number of methoxy groups -OCH3 is 2. The second-order valence-corrected chi connectivity index (χ2v) is 4.37. The summed E-state index contributed by atoms with van der Waals surface area (Å²) in [6.45, 7) is 0. The minimum atomic E-state index is -1.12. The molecule has 1 fully saturated rings. The monoisotopic (exact) mass is 269 g/mol. The van der Waals surface area contributed by atoms with Gasteiger partial charge in [-0.25, -0.2) is 9.18 Å². The lowest BCUT2D eigenvalue weighted by atomic mass is 9.72. The van der Waals surface area contributed by atoms with Crippen molar-refractivity contribution in [3.63, 3.8) is 0 Å². The lowest BCUT2D eigenvalue weighted by molar-refractivity contribution is 0.238. The number of aliphatic imine (C=N–C) groups is 1. The van der Waals surface area contributed by atoms with Crippen LogP contribution in [0.3, 0.4) is 0 Å². The average molecular weight is 269 g/mol. The molecule has 6 heteroatoms. The fraction of sp³-hybridized carbons (Fsp3) is 0.462. The van der Waals surface area contributed by atoms with Crippen molar-refractivity contribution in [1.82, 2.24) is 0 Å². The van der Waals surface area contributed by atoms with Gasteiger partial charge < -0.3 is 9.47 Å². The van der Waals surface area contributed by atoms with Crippen molar-refractivity contribution in [2.75, 3.05) is 14.2 Å². The summed E-state index contributed by atoms with van der Waals surface area (Å²) in [4.78, 5) is 14.3. The fourth-order valence-electron chi connectivity index (χ4n) is 2.36. The Morgan fingerprint density at radius 2 is 1.89 bits per heavy atom. The second-order valence-electron chi connectivity index (χ2n) is 4.37. The van der Waals surface area contributed by atoms with Crippen molar-refractivity contribution in [2.24, 2.45) is 4.99 Å². The van der Waals surface area contributed by atoms with E-state index < -0.39 is 17.2 Å². The predicted octanol–water partition coefficient (Wildman–Crippen LogP) is 2.70. The first-order valence-corrected chi connectivity index (χ1v) is 5.79. The molecule has 0 aliphatic heterocycles. The van der Waals surface area contributed by atoms with Crippen molar-refractivity contribution >= 4 is 6.08 Å². The molecule has 0 unspecified atom stereocenters. The van der Waals surface area contributed by atoms with Crippen LogP contribution in [0, 0.1) is 11.6 Å². The molecule has 102 valence electrons. The molecule has 4 nitrogen and oxygen atoms in total. The Morgan fingerprint density at radius 3 is 2.32 bits per heavy atom. The summed E-state index contributed by atoms with van der Waals surface area (Å²) in [5, 5.41) is 0. The Morgan fingerprint density at radius 1 is 1.26 bits per heavy atom. The summed E-state index contributed by atoms with van der Waals surface area (Å²) in [5.74, 6) is -2.42. The van der Waals surface area contributed by atoms with E-state index in [9.17, 15) is 13.6 Å². The average Bonchev–Trinajstić information content (AvgIpc) is 2.36. The van der Waals surface area contributed by atoms with Gasteiger partial charge >= 0.3 is 0 Å². The zero-order valence-electron chi connectivity index (χ0n) is 10.6. The number of hydrogen-bond donors (Lipinski definition) is 0. The van der Waals surface area contributed by atoms with Crippen molar-refractivity contribution in [3.8, 4) is 11.5 Å². The van der Waals surface area contributed by atoms with Crippen LogP contribution in [0.1, 0.15) is 24.8 Å². The molecule has 0 amide bonds. The number of rotatable bonds is 4. The van der Waals surface area contributed by atoms with Crippen LogP contribution in [0.25, 0.3) is 0 Å². The highest BCUT2D eigenvalue weighted by atomic mass is 19.2.